The molecule has 1 N–H and O–H groups in total. The average Bonchev–Trinajstić information content (AvgIpc) is 2.74. The Hall–Kier alpha value is -0.780. The van der Waals surface area contributed by atoms with E-state index < -0.39 is 10.0 Å². The van der Waals surface area contributed by atoms with E-state index in [1.807, 2.05) is 24.8 Å². The first-order valence-electron chi connectivity index (χ1n) is 9.93. The summed E-state index contributed by atoms with van der Waals surface area (Å²) < 4.78 is 26.6. The summed E-state index contributed by atoms with van der Waals surface area (Å²) in [4.78, 5) is 6.80. The monoisotopic (exact) mass is 550 g/mol. The van der Waals surface area contributed by atoms with E-state index in [2.05, 4.69) is 45.6 Å². The molecule has 9 heteroatoms. The zero-order chi connectivity index (χ0) is 19.8. The minimum absolute atomic E-state index is 0. The third-order valence-corrected chi connectivity index (χ3v) is 7.76. The number of nitrogens with zero attached hydrogens (tertiary/aromatic N) is 3. The van der Waals surface area contributed by atoms with Gasteiger partial charge in [-0.25, -0.2) is 12.7 Å². The lowest BCUT2D eigenvalue weighted by Crippen LogP contribution is -2.44. The van der Waals surface area contributed by atoms with Crippen LogP contribution in [0.5, 0.6) is 0 Å². The van der Waals surface area contributed by atoms with Crippen molar-refractivity contribution >= 4 is 57.3 Å². The molecule has 0 aliphatic carbocycles. The van der Waals surface area contributed by atoms with Crippen molar-refractivity contribution in [1.82, 2.24) is 14.5 Å². The maximum absolute atomic E-state index is 12.5. The summed E-state index contributed by atoms with van der Waals surface area (Å²) in [7, 11) is -3.21. The van der Waals surface area contributed by atoms with Crippen LogP contribution in [-0.4, -0.2) is 80.1 Å². The van der Waals surface area contributed by atoms with E-state index in [1.54, 1.807) is 4.31 Å². The molecule has 1 aromatic rings. The van der Waals surface area contributed by atoms with Gasteiger partial charge in [0.2, 0.25) is 10.0 Å². The molecule has 0 amide bonds. The Kier molecular flexibility index (Phi) is 10.3. The van der Waals surface area contributed by atoms with Gasteiger partial charge in [-0.2, -0.15) is 11.8 Å². The van der Waals surface area contributed by atoms with Crippen molar-refractivity contribution in [3.63, 3.8) is 0 Å². The van der Waals surface area contributed by atoms with Gasteiger partial charge in [0, 0.05) is 44.2 Å². The number of sulfonamides is 1. The number of rotatable bonds is 6. The number of nitrogens with one attached hydrogen (secondary N) is 1. The summed E-state index contributed by atoms with van der Waals surface area (Å²) in [5, 5.41) is 3.31. The Morgan fingerprint density at radius 3 is 2.52 bits per heavy atom. The molecule has 0 spiro atoms. The zero-order valence-electron chi connectivity index (χ0n) is 16.9. The van der Waals surface area contributed by atoms with Gasteiger partial charge >= 0.3 is 0 Å². The Labute approximate surface area is 196 Å². The van der Waals surface area contributed by atoms with Crippen LogP contribution in [0.3, 0.4) is 0 Å². The predicted molar refractivity (Wildman–Crippen MR) is 135 cm³/mol. The van der Waals surface area contributed by atoms with Gasteiger partial charge in [-0.1, -0.05) is 36.4 Å². The molecule has 3 rings (SSSR count). The van der Waals surface area contributed by atoms with E-state index >= 15 is 0 Å². The van der Waals surface area contributed by atoms with Crippen LogP contribution in [0.2, 0.25) is 0 Å². The van der Waals surface area contributed by atoms with Crippen LogP contribution in [0, 0.1) is 0 Å². The van der Waals surface area contributed by atoms with Crippen LogP contribution >= 0.6 is 35.7 Å². The van der Waals surface area contributed by atoms with Gasteiger partial charge in [0.15, 0.2) is 5.96 Å². The molecule has 0 aromatic heterocycles. The third-order valence-electron chi connectivity index (χ3n) is 4.96. The molecule has 0 saturated carbocycles. The number of hydrogen-bond acceptors (Lipinski definition) is 4. The van der Waals surface area contributed by atoms with Gasteiger partial charge in [-0.15, -0.1) is 24.0 Å². The number of aliphatic imine (C=N–C) groups is 1. The molecule has 0 radical (unpaired) electrons. The Bertz CT molecular complexity index is 794. The van der Waals surface area contributed by atoms with Crippen molar-refractivity contribution < 1.29 is 8.42 Å². The van der Waals surface area contributed by atoms with Gasteiger partial charge in [-0.05, 0) is 24.5 Å². The highest BCUT2D eigenvalue weighted by Crippen LogP contribution is 2.22. The van der Waals surface area contributed by atoms with Crippen LogP contribution in [0.4, 0.5) is 0 Å². The van der Waals surface area contributed by atoms with Gasteiger partial charge < -0.3 is 10.2 Å². The molecule has 162 valence electrons. The quantitative estimate of drug-likeness (QED) is 0.336. The van der Waals surface area contributed by atoms with E-state index in [-0.39, 0.29) is 29.7 Å². The summed E-state index contributed by atoms with van der Waals surface area (Å²) in [6.07, 6.45) is 3.20. The fourth-order valence-electron chi connectivity index (χ4n) is 3.42. The Morgan fingerprint density at radius 2 is 1.90 bits per heavy atom. The van der Waals surface area contributed by atoms with Crippen LogP contribution in [0.1, 0.15) is 18.9 Å². The number of hydrogen-bond donors (Lipinski definition) is 1. The summed E-state index contributed by atoms with van der Waals surface area (Å²) in [5.41, 5.74) is 2.63. The lowest BCUT2D eigenvalue weighted by atomic mass is 10.00. The lowest BCUT2D eigenvalue weighted by Gasteiger charge is -2.30. The van der Waals surface area contributed by atoms with Crippen molar-refractivity contribution in [3.8, 4) is 0 Å². The topological polar surface area (TPSA) is 65.0 Å². The molecule has 0 unspecified atom stereocenters. The second-order valence-electron chi connectivity index (χ2n) is 6.85. The minimum Gasteiger partial charge on any atom is -0.357 e. The summed E-state index contributed by atoms with van der Waals surface area (Å²) >= 11 is 1.81. The zero-order valence-corrected chi connectivity index (χ0v) is 20.9. The molecule has 2 heterocycles. The van der Waals surface area contributed by atoms with Gasteiger partial charge in [-0.3, -0.25) is 4.99 Å². The number of guanidine groups is 1. The number of benzene rings is 1. The molecule has 0 atom stereocenters. The SMILES string of the molecule is CCNC(=NCCS(=O)(=O)N1CCSCC1)N1CC=C(c2ccccc2)CC1.I. The fraction of sp³-hybridized carbons (Fsp3) is 0.550. The summed E-state index contributed by atoms with van der Waals surface area (Å²) in [5.74, 6) is 2.64. The first-order valence-corrected chi connectivity index (χ1v) is 12.7. The molecule has 0 bridgehead atoms. The maximum atomic E-state index is 12.5. The molecular weight excluding hydrogens is 519 g/mol. The van der Waals surface area contributed by atoms with Crippen LogP contribution in [0.15, 0.2) is 41.4 Å². The Morgan fingerprint density at radius 1 is 1.17 bits per heavy atom. The van der Waals surface area contributed by atoms with E-state index in [9.17, 15) is 8.42 Å². The summed E-state index contributed by atoms with van der Waals surface area (Å²) in [6, 6.07) is 10.5. The fourth-order valence-corrected chi connectivity index (χ4v) is 5.88. The molecule has 2 aliphatic heterocycles. The lowest BCUT2D eigenvalue weighted by molar-refractivity contribution is 0.438. The largest absolute Gasteiger partial charge is 0.357 e. The molecular formula is C20H31IN4O2S2. The minimum atomic E-state index is -3.21. The maximum Gasteiger partial charge on any atom is 0.215 e. The third kappa shape index (κ3) is 7.15. The van der Waals surface area contributed by atoms with E-state index in [4.69, 9.17) is 0 Å². The standard InChI is InChI=1S/C20H30N4O2S2.HI/c1-2-21-20(22-10-17-28(25,26)24-13-15-27-16-14-24)23-11-8-19(9-12-23)18-6-4-3-5-7-18;/h3-8H,2,9-17H2,1H3,(H,21,22);1H. The van der Waals surface area contributed by atoms with E-state index in [0.717, 1.165) is 43.5 Å². The summed E-state index contributed by atoms with van der Waals surface area (Å²) in [6.45, 7) is 5.99. The first-order chi connectivity index (χ1) is 13.6. The Balaban J connectivity index is 0.00000300. The van der Waals surface area contributed by atoms with Crippen LogP contribution < -0.4 is 5.32 Å². The van der Waals surface area contributed by atoms with Crippen molar-refractivity contribution in [2.75, 3.05) is 56.5 Å². The normalized spacial score (nSPS) is 18.7. The van der Waals surface area contributed by atoms with Gasteiger partial charge in [0.1, 0.15) is 0 Å². The first kappa shape index (κ1) is 24.5. The molecule has 1 fully saturated rings. The molecule has 6 nitrogen and oxygen atoms in total. The molecule has 29 heavy (non-hydrogen) atoms. The van der Waals surface area contributed by atoms with Gasteiger partial charge in [0.05, 0.1) is 12.3 Å². The van der Waals surface area contributed by atoms with Crippen molar-refractivity contribution in [1.29, 1.82) is 0 Å². The van der Waals surface area contributed by atoms with Crippen molar-refractivity contribution in [2.45, 2.75) is 13.3 Å². The number of thioether (sulfide) groups is 1. The van der Waals surface area contributed by atoms with Gasteiger partial charge in [0.25, 0.3) is 0 Å². The number of halogens is 1. The van der Waals surface area contributed by atoms with Crippen molar-refractivity contribution in [2.24, 2.45) is 4.99 Å². The second kappa shape index (κ2) is 12.2. The highest BCUT2D eigenvalue weighted by atomic mass is 127. The van der Waals surface area contributed by atoms with Crippen molar-refractivity contribution in [3.05, 3.63) is 42.0 Å². The van der Waals surface area contributed by atoms with Crippen LogP contribution in [0.25, 0.3) is 5.57 Å². The molecule has 1 saturated heterocycles. The highest BCUT2D eigenvalue weighted by molar-refractivity contribution is 14.0. The predicted octanol–water partition coefficient (Wildman–Crippen LogP) is 2.74. The second-order valence-corrected chi connectivity index (χ2v) is 10.2. The molecule has 1 aromatic carbocycles. The van der Waals surface area contributed by atoms with E-state index in [1.165, 1.54) is 11.1 Å². The smallest absolute Gasteiger partial charge is 0.215 e. The van der Waals surface area contributed by atoms with Crippen LogP contribution in [-0.2, 0) is 10.0 Å². The highest BCUT2D eigenvalue weighted by Gasteiger charge is 2.24. The average molecular weight is 551 g/mol. The van der Waals surface area contributed by atoms with E-state index in [0.29, 0.717) is 19.6 Å². The molecule has 2 aliphatic rings.